The number of aromatic nitrogens is 1. The molecule has 2 N–H and O–H groups in total. The monoisotopic (exact) mass is 340 g/mol. The predicted molar refractivity (Wildman–Crippen MR) is 95.0 cm³/mol. The topological polar surface area (TPSA) is 71.5 Å². The molecule has 1 aromatic carbocycles. The van der Waals surface area contributed by atoms with Crippen LogP contribution in [0.1, 0.15) is 29.3 Å². The van der Waals surface area contributed by atoms with E-state index in [0.29, 0.717) is 26.0 Å². The molecule has 0 aliphatic carbocycles. The van der Waals surface area contributed by atoms with E-state index in [-0.39, 0.29) is 24.5 Å². The zero-order valence-corrected chi connectivity index (χ0v) is 14.2. The van der Waals surface area contributed by atoms with E-state index >= 15 is 0 Å². The molecule has 25 heavy (non-hydrogen) atoms. The Hall–Kier alpha value is -2.24. The molecule has 0 saturated carbocycles. The molecule has 0 radical (unpaired) electrons. The fourth-order valence-corrected chi connectivity index (χ4v) is 3.16. The number of pyridine rings is 1. The highest BCUT2D eigenvalue weighted by atomic mass is 16.5. The summed E-state index contributed by atoms with van der Waals surface area (Å²) in [4.78, 5) is 16.6. The number of fused-ring (bicyclic) bond motifs is 1. The van der Waals surface area contributed by atoms with Crippen LogP contribution in [-0.2, 0) is 22.4 Å². The summed E-state index contributed by atoms with van der Waals surface area (Å²) in [5, 5.41) is 12.5. The lowest BCUT2D eigenvalue weighted by Crippen LogP contribution is -2.33. The molecule has 0 spiro atoms. The van der Waals surface area contributed by atoms with Crippen molar-refractivity contribution < 1.29 is 14.6 Å². The number of carbonyl (C=O) groups is 1. The summed E-state index contributed by atoms with van der Waals surface area (Å²) in [6.07, 6.45) is 3.39. The van der Waals surface area contributed by atoms with Gasteiger partial charge in [-0.2, -0.15) is 0 Å². The number of hydrogen-bond donors (Lipinski definition) is 2. The molecule has 1 aliphatic rings. The molecule has 2 unspecified atom stereocenters. The van der Waals surface area contributed by atoms with E-state index in [1.54, 1.807) is 6.20 Å². The number of amides is 1. The summed E-state index contributed by atoms with van der Waals surface area (Å²) >= 11 is 0. The Morgan fingerprint density at radius 2 is 2.12 bits per heavy atom. The van der Waals surface area contributed by atoms with Crippen molar-refractivity contribution in [2.24, 2.45) is 5.92 Å². The Kier molecular flexibility index (Phi) is 6.14. The lowest BCUT2D eigenvalue weighted by Gasteiger charge is -2.26. The Morgan fingerprint density at radius 1 is 1.28 bits per heavy atom. The Labute approximate surface area is 148 Å². The number of hydrogen-bond acceptors (Lipinski definition) is 4. The first-order valence-electron chi connectivity index (χ1n) is 8.73. The molecule has 132 valence electrons. The molecule has 3 rings (SSSR count). The largest absolute Gasteiger partial charge is 0.396 e. The van der Waals surface area contributed by atoms with Crippen LogP contribution in [0.3, 0.4) is 0 Å². The summed E-state index contributed by atoms with van der Waals surface area (Å²) in [5.41, 5.74) is 3.28. The fourth-order valence-electron chi connectivity index (χ4n) is 3.16. The number of benzene rings is 1. The molecule has 0 bridgehead atoms. The first-order valence-corrected chi connectivity index (χ1v) is 8.73. The number of aliphatic hydroxyl groups is 1. The van der Waals surface area contributed by atoms with Crippen molar-refractivity contribution >= 4 is 5.91 Å². The minimum atomic E-state index is -0.187. The molecule has 5 heteroatoms. The number of nitrogens with one attached hydrogen (secondary N) is 1. The highest BCUT2D eigenvalue weighted by Gasteiger charge is 2.23. The van der Waals surface area contributed by atoms with Gasteiger partial charge in [0.05, 0.1) is 19.1 Å². The number of nitrogens with zero attached hydrogens (tertiary/aromatic N) is 1. The van der Waals surface area contributed by atoms with Gasteiger partial charge in [0.25, 0.3) is 0 Å². The second-order valence-corrected chi connectivity index (χ2v) is 6.39. The SMILES string of the molecule is O=C(CC1OCCc2ccccc21)NCC(CO)Cc1ccccn1. The highest BCUT2D eigenvalue weighted by molar-refractivity contribution is 5.76. The first-order chi connectivity index (χ1) is 12.3. The van der Waals surface area contributed by atoms with Gasteiger partial charge in [0.1, 0.15) is 0 Å². The van der Waals surface area contributed by atoms with Crippen molar-refractivity contribution in [3.8, 4) is 0 Å². The maximum atomic E-state index is 12.3. The zero-order chi connectivity index (χ0) is 17.5. The van der Waals surface area contributed by atoms with Gasteiger partial charge in [0.15, 0.2) is 0 Å². The smallest absolute Gasteiger partial charge is 0.222 e. The van der Waals surface area contributed by atoms with Gasteiger partial charge in [-0.25, -0.2) is 0 Å². The van der Waals surface area contributed by atoms with Crippen LogP contribution in [0.25, 0.3) is 0 Å². The molecule has 0 fully saturated rings. The van der Waals surface area contributed by atoms with Crippen molar-refractivity contribution in [1.82, 2.24) is 10.3 Å². The van der Waals surface area contributed by atoms with Crippen LogP contribution in [0.2, 0.25) is 0 Å². The minimum Gasteiger partial charge on any atom is -0.396 e. The van der Waals surface area contributed by atoms with E-state index < -0.39 is 0 Å². The van der Waals surface area contributed by atoms with Crippen molar-refractivity contribution in [2.75, 3.05) is 19.8 Å². The summed E-state index contributed by atoms with van der Waals surface area (Å²) in [6.45, 7) is 1.09. The zero-order valence-electron chi connectivity index (χ0n) is 14.2. The van der Waals surface area contributed by atoms with Gasteiger partial charge in [-0.3, -0.25) is 9.78 Å². The summed E-state index contributed by atoms with van der Waals surface area (Å²) in [7, 11) is 0. The third-order valence-electron chi connectivity index (χ3n) is 4.53. The lowest BCUT2D eigenvalue weighted by molar-refractivity contribution is -0.124. The Balaban J connectivity index is 1.51. The van der Waals surface area contributed by atoms with E-state index in [1.807, 2.05) is 36.4 Å². The maximum Gasteiger partial charge on any atom is 0.222 e. The first kappa shape index (κ1) is 17.6. The average molecular weight is 340 g/mol. The van der Waals surface area contributed by atoms with Gasteiger partial charge in [-0.15, -0.1) is 0 Å². The highest BCUT2D eigenvalue weighted by Crippen LogP contribution is 2.29. The third-order valence-corrected chi connectivity index (χ3v) is 4.53. The van der Waals surface area contributed by atoms with Crippen LogP contribution in [0.4, 0.5) is 0 Å². The standard InChI is InChI=1S/C20H24N2O3/c23-14-15(11-17-6-3-4-9-21-17)13-22-20(24)12-19-18-7-2-1-5-16(18)8-10-25-19/h1-7,9,15,19,23H,8,10-14H2,(H,22,24). The van der Waals surface area contributed by atoms with Crippen LogP contribution in [0.5, 0.6) is 0 Å². The average Bonchev–Trinajstić information content (AvgIpc) is 2.66. The maximum absolute atomic E-state index is 12.3. The molecule has 0 saturated heterocycles. The number of carbonyl (C=O) groups excluding carboxylic acids is 1. The van der Waals surface area contributed by atoms with Crippen molar-refractivity contribution in [3.05, 3.63) is 65.5 Å². The molecule has 1 amide bonds. The normalized spacial score (nSPS) is 17.6. The number of ether oxygens (including phenoxy) is 1. The molecule has 1 aliphatic heterocycles. The molecular weight excluding hydrogens is 316 g/mol. The van der Waals surface area contributed by atoms with Gasteiger partial charge < -0.3 is 15.2 Å². The van der Waals surface area contributed by atoms with Gasteiger partial charge in [0, 0.05) is 31.0 Å². The van der Waals surface area contributed by atoms with Gasteiger partial charge in [0.2, 0.25) is 5.91 Å². The molecule has 2 heterocycles. The van der Waals surface area contributed by atoms with E-state index in [4.69, 9.17) is 4.74 Å². The quantitative estimate of drug-likeness (QED) is 0.809. The van der Waals surface area contributed by atoms with Crippen molar-refractivity contribution in [2.45, 2.75) is 25.4 Å². The Morgan fingerprint density at radius 3 is 2.92 bits per heavy atom. The van der Waals surface area contributed by atoms with Gasteiger partial charge in [-0.1, -0.05) is 30.3 Å². The van der Waals surface area contributed by atoms with Crippen LogP contribution in [-0.4, -0.2) is 35.8 Å². The molecule has 5 nitrogen and oxygen atoms in total. The van der Waals surface area contributed by atoms with Crippen LogP contribution in [0.15, 0.2) is 48.7 Å². The molecule has 2 atom stereocenters. The second kappa shape index (κ2) is 8.74. The lowest BCUT2D eigenvalue weighted by atomic mass is 9.95. The van der Waals surface area contributed by atoms with E-state index in [9.17, 15) is 9.90 Å². The van der Waals surface area contributed by atoms with E-state index in [1.165, 1.54) is 5.56 Å². The van der Waals surface area contributed by atoms with E-state index in [0.717, 1.165) is 17.7 Å². The van der Waals surface area contributed by atoms with Crippen LogP contribution < -0.4 is 5.32 Å². The van der Waals surface area contributed by atoms with Crippen molar-refractivity contribution in [1.29, 1.82) is 0 Å². The Bertz CT molecular complexity index is 690. The molecular formula is C20H24N2O3. The van der Waals surface area contributed by atoms with Crippen LogP contribution in [0, 0.1) is 5.92 Å². The number of rotatable bonds is 7. The molecule has 1 aromatic heterocycles. The summed E-state index contributed by atoms with van der Waals surface area (Å²) in [5.74, 6) is -0.0976. The van der Waals surface area contributed by atoms with Gasteiger partial charge in [-0.05, 0) is 36.1 Å². The fraction of sp³-hybridized carbons (Fsp3) is 0.400. The van der Waals surface area contributed by atoms with Crippen molar-refractivity contribution in [3.63, 3.8) is 0 Å². The third kappa shape index (κ3) is 4.87. The summed E-state index contributed by atoms with van der Waals surface area (Å²) < 4.78 is 5.78. The van der Waals surface area contributed by atoms with Crippen LogP contribution >= 0.6 is 0 Å². The van der Waals surface area contributed by atoms with E-state index in [2.05, 4.69) is 16.4 Å². The predicted octanol–water partition coefficient (Wildman–Crippen LogP) is 2.05. The summed E-state index contributed by atoms with van der Waals surface area (Å²) in [6, 6.07) is 13.8. The number of aliphatic hydroxyl groups excluding tert-OH is 1. The second-order valence-electron chi connectivity index (χ2n) is 6.39. The minimum absolute atomic E-state index is 0.0135. The van der Waals surface area contributed by atoms with Gasteiger partial charge >= 0.3 is 0 Å². The molecule has 2 aromatic rings.